The van der Waals surface area contributed by atoms with E-state index >= 15 is 0 Å². The molecule has 2 saturated heterocycles. The minimum Gasteiger partial charge on any atom is -0.377 e. The average Bonchev–Trinajstić information content (AvgIpc) is 2.83. The van der Waals surface area contributed by atoms with Gasteiger partial charge in [0.2, 0.25) is 0 Å². The molecule has 2 unspecified atom stereocenters. The molecule has 2 fully saturated rings. The van der Waals surface area contributed by atoms with Gasteiger partial charge in [-0.1, -0.05) is 13.3 Å². The number of hydrogen-bond acceptors (Lipinski definition) is 3. The van der Waals surface area contributed by atoms with Gasteiger partial charge in [-0.25, -0.2) is 0 Å². The van der Waals surface area contributed by atoms with E-state index in [1.807, 2.05) is 0 Å². The first-order chi connectivity index (χ1) is 8.38. The summed E-state index contributed by atoms with van der Waals surface area (Å²) in [4.78, 5) is 2.61. The van der Waals surface area contributed by atoms with Crippen LogP contribution >= 0.6 is 0 Å². The first-order valence-electron chi connectivity index (χ1n) is 7.46. The number of ether oxygens (including phenoxy) is 1. The van der Waals surface area contributed by atoms with Crippen molar-refractivity contribution in [3.05, 3.63) is 0 Å². The van der Waals surface area contributed by atoms with Crippen molar-refractivity contribution in [3.8, 4) is 0 Å². The molecule has 3 heteroatoms. The lowest BCUT2D eigenvalue weighted by molar-refractivity contribution is 0.0684. The fraction of sp³-hybridized carbons (Fsp3) is 1.00. The van der Waals surface area contributed by atoms with Crippen LogP contribution in [0.5, 0.6) is 0 Å². The first-order valence-corrected chi connectivity index (χ1v) is 7.46. The zero-order valence-corrected chi connectivity index (χ0v) is 11.3. The molecule has 3 nitrogen and oxygen atoms in total. The lowest BCUT2D eigenvalue weighted by atomic mass is 10.0. The SMILES string of the molecule is CCCN(CC1CCCCN1)CC1CCCO1. The summed E-state index contributed by atoms with van der Waals surface area (Å²) in [5.74, 6) is 0. The van der Waals surface area contributed by atoms with Crippen molar-refractivity contribution in [1.29, 1.82) is 0 Å². The van der Waals surface area contributed by atoms with Crippen molar-refractivity contribution in [2.75, 3.05) is 32.8 Å². The Hall–Kier alpha value is -0.120. The second-order valence-electron chi connectivity index (χ2n) is 5.54. The molecular weight excluding hydrogens is 212 g/mol. The summed E-state index contributed by atoms with van der Waals surface area (Å²) in [7, 11) is 0. The number of nitrogens with one attached hydrogen (secondary N) is 1. The summed E-state index contributed by atoms with van der Waals surface area (Å²) in [5.41, 5.74) is 0. The molecule has 1 N–H and O–H groups in total. The van der Waals surface area contributed by atoms with Gasteiger partial charge in [0.25, 0.3) is 0 Å². The number of nitrogens with zero attached hydrogens (tertiary/aromatic N) is 1. The number of piperidine rings is 1. The zero-order valence-electron chi connectivity index (χ0n) is 11.3. The summed E-state index contributed by atoms with van der Waals surface area (Å²) < 4.78 is 5.76. The van der Waals surface area contributed by atoms with Crippen molar-refractivity contribution < 1.29 is 4.74 Å². The Bertz CT molecular complexity index is 198. The molecule has 0 aliphatic carbocycles. The second kappa shape index (κ2) is 7.34. The maximum atomic E-state index is 5.76. The van der Waals surface area contributed by atoms with E-state index in [2.05, 4.69) is 17.1 Å². The molecule has 0 aromatic rings. The van der Waals surface area contributed by atoms with Crippen molar-refractivity contribution >= 4 is 0 Å². The van der Waals surface area contributed by atoms with Gasteiger partial charge in [-0.05, 0) is 45.2 Å². The van der Waals surface area contributed by atoms with E-state index in [1.54, 1.807) is 0 Å². The summed E-state index contributed by atoms with van der Waals surface area (Å²) in [6.07, 6.45) is 8.38. The highest BCUT2D eigenvalue weighted by molar-refractivity contribution is 4.78. The third-order valence-corrected chi connectivity index (χ3v) is 3.92. The molecule has 0 radical (unpaired) electrons. The number of rotatable bonds is 6. The Balaban J connectivity index is 1.74. The zero-order chi connectivity index (χ0) is 11.9. The van der Waals surface area contributed by atoms with E-state index in [0.29, 0.717) is 6.10 Å². The van der Waals surface area contributed by atoms with Crippen LogP contribution in [0, 0.1) is 0 Å². The Morgan fingerprint density at radius 3 is 2.76 bits per heavy atom. The summed E-state index contributed by atoms with van der Waals surface area (Å²) in [6.45, 7) is 8.05. The predicted molar refractivity (Wildman–Crippen MR) is 71.3 cm³/mol. The molecule has 0 amide bonds. The van der Waals surface area contributed by atoms with Gasteiger partial charge in [0.05, 0.1) is 6.10 Å². The molecule has 0 aromatic carbocycles. The Morgan fingerprint density at radius 1 is 1.18 bits per heavy atom. The van der Waals surface area contributed by atoms with Crippen LogP contribution in [0.2, 0.25) is 0 Å². The highest BCUT2D eigenvalue weighted by atomic mass is 16.5. The second-order valence-corrected chi connectivity index (χ2v) is 5.54. The maximum absolute atomic E-state index is 5.76. The van der Waals surface area contributed by atoms with Crippen LogP contribution in [0.4, 0.5) is 0 Å². The predicted octanol–water partition coefficient (Wildman–Crippen LogP) is 2.02. The minimum absolute atomic E-state index is 0.505. The fourth-order valence-electron chi connectivity index (χ4n) is 3.04. The molecule has 2 heterocycles. The smallest absolute Gasteiger partial charge is 0.0702 e. The molecule has 0 saturated carbocycles. The quantitative estimate of drug-likeness (QED) is 0.769. The Kier molecular flexibility index (Phi) is 5.75. The van der Waals surface area contributed by atoms with Crippen LogP contribution < -0.4 is 5.32 Å². The van der Waals surface area contributed by atoms with Gasteiger partial charge in [0.1, 0.15) is 0 Å². The molecule has 100 valence electrons. The van der Waals surface area contributed by atoms with Crippen LogP contribution in [0.25, 0.3) is 0 Å². The van der Waals surface area contributed by atoms with Crippen LogP contribution in [0.1, 0.15) is 45.4 Å². The normalized spacial score (nSPS) is 30.0. The average molecular weight is 240 g/mol. The lowest BCUT2D eigenvalue weighted by Crippen LogP contribution is -2.45. The molecular formula is C14H28N2O. The van der Waals surface area contributed by atoms with Crippen molar-refractivity contribution in [1.82, 2.24) is 10.2 Å². The van der Waals surface area contributed by atoms with Crippen LogP contribution in [0.15, 0.2) is 0 Å². The van der Waals surface area contributed by atoms with Crippen LogP contribution in [-0.4, -0.2) is 49.8 Å². The fourth-order valence-corrected chi connectivity index (χ4v) is 3.04. The summed E-state index contributed by atoms with van der Waals surface area (Å²) in [6, 6.07) is 0.719. The van der Waals surface area contributed by atoms with Crippen LogP contribution in [0.3, 0.4) is 0 Å². The van der Waals surface area contributed by atoms with Crippen molar-refractivity contribution in [2.24, 2.45) is 0 Å². The van der Waals surface area contributed by atoms with E-state index in [9.17, 15) is 0 Å². The molecule has 0 spiro atoms. The largest absolute Gasteiger partial charge is 0.377 e. The van der Waals surface area contributed by atoms with Gasteiger partial charge < -0.3 is 10.1 Å². The first kappa shape index (κ1) is 13.3. The van der Waals surface area contributed by atoms with E-state index in [1.165, 1.54) is 58.2 Å². The minimum atomic E-state index is 0.505. The molecule has 2 atom stereocenters. The van der Waals surface area contributed by atoms with Gasteiger partial charge in [0.15, 0.2) is 0 Å². The topological polar surface area (TPSA) is 24.5 Å². The van der Waals surface area contributed by atoms with Gasteiger partial charge in [-0.15, -0.1) is 0 Å². The molecule has 2 aliphatic rings. The van der Waals surface area contributed by atoms with Crippen molar-refractivity contribution in [3.63, 3.8) is 0 Å². The monoisotopic (exact) mass is 240 g/mol. The number of hydrogen-bond donors (Lipinski definition) is 1. The Morgan fingerprint density at radius 2 is 2.12 bits per heavy atom. The molecule has 0 bridgehead atoms. The standard InChI is InChI=1S/C14H28N2O/c1-2-9-16(12-14-7-5-10-17-14)11-13-6-3-4-8-15-13/h13-15H,2-12H2,1H3. The highest BCUT2D eigenvalue weighted by Gasteiger charge is 2.21. The third kappa shape index (κ3) is 4.57. The third-order valence-electron chi connectivity index (χ3n) is 3.92. The highest BCUT2D eigenvalue weighted by Crippen LogP contribution is 2.15. The molecule has 2 rings (SSSR count). The van der Waals surface area contributed by atoms with Gasteiger partial charge >= 0.3 is 0 Å². The molecule has 0 aromatic heterocycles. The van der Waals surface area contributed by atoms with Gasteiger partial charge in [-0.3, -0.25) is 4.90 Å². The molecule has 17 heavy (non-hydrogen) atoms. The Labute approximate surface area is 106 Å². The molecule has 2 aliphatic heterocycles. The maximum Gasteiger partial charge on any atom is 0.0702 e. The van der Waals surface area contributed by atoms with E-state index in [-0.39, 0.29) is 0 Å². The van der Waals surface area contributed by atoms with E-state index in [4.69, 9.17) is 4.74 Å². The summed E-state index contributed by atoms with van der Waals surface area (Å²) >= 11 is 0. The van der Waals surface area contributed by atoms with Gasteiger partial charge in [-0.2, -0.15) is 0 Å². The van der Waals surface area contributed by atoms with Crippen molar-refractivity contribution in [2.45, 2.75) is 57.6 Å². The van der Waals surface area contributed by atoms with Crippen LogP contribution in [-0.2, 0) is 4.74 Å². The lowest BCUT2D eigenvalue weighted by Gasteiger charge is -2.31. The summed E-state index contributed by atoms with van der Waals surface area (Å²) in [5, 5.41) is 3.65. The van der Waals surface area contributed by atoms with E-state index in [0.717, 1.165) is 19.2 Å². The van der Waals surface area contributed by atoms with Gasteiger partial charge in [0, 0.05) is 25.7 Å². The van der Waals surface area contributed by atoms with E-state index < -0.39 is 0 Å².